The number of ether oxygens (including phenoxy) is 2. The number of nitrogens with one attached hydrogen (secondary N) is 2. The van der Waals surface area contributed by atoms with E-state index in [9.17, 15) is 18.4 Å². The molecule has 0 atom stereocenters. The Bertz CT molecular complexity index is 1360. The lowest BCUT2D eigenvalue weighted by Crippen LogP contribution is -2.21. The molecule has 0 fully saturated rings. The molecule has 0 bridgehead atoms. The van der Waals surface area contributed by atoms with Gasteiger partial charge >= 0.3 is 6.61 Å². The Morgan fingerprint density at radius 1 is 0.857 bits per heavy atom. The van der Waals surface area contributed by atoms with E-state index in [1.807, 2.05) is 49.4 Å². The number of amides is 2. The van der Waals surface area contributed by atoms with E-state index in [4.69, 9.17) is 4.74 Å². The van der Waals surface area contributed by atoms with Crippen molar-refractivity contribution in [3.8, 4) is 11.5 Å². The van der Waals surface area contributed by atoms with Crippen LogP contribution in [0.15, 0.2) is 84.9 Å². The summed E-state index contributed by atoms with van der Waals surface area (Å²) in [6.45, 7) is -1.40. The maximum atomic E-state index is 13.1. The normalized spacial score (nSPS) is 10.7. The van der Waals surface area contributed by atoms with Crippen LogP contribution in [0.1, 0.15) is 15.9 Å². The van der Waals surface area contributed by atoms with Gasteiger partial charge in [-0.1, -0.05) is 42.5 Å². The fraction of sp³-hybridized carbons (Fsp3) is 0.111. The topological polar surface area (TPSA) is 76.7 Å². The van der Waals surface area contributed by atoms with Crippen molar-refractivity contribution in [1.29, 1.82) is 0 Å². The van der Waals surface area contributed by atoms with Gasteiger partial charge in [0.05, 0.1) is 5.56 Å². The zero-order valence-corrected chi connectivity index (χ0v) is 18.8. The highest BCUT2D eigenvalue weighted by molar-refractivity contribution is 6.09. The summed E-state index contributed by atoms with van der Waals surface area (Å²) in [7, 11) is 0. The van der Waals surface area contributed by atoms with Crippen LogP contribution in [0.3, 0.4) is 0 Å². The smallest absolute Gasteiger partial charge is 0.387 e. The summed E-state index contributed by atoms with van der Waals surface area (Å²) in [6, 6.07) is 23.9. The first-order chi connectivity index (χ1) is 16.9. The minimum Gasteiger partial charge on any atom is -0.483 e. The molecule has 0 heterocycles. The molecular formula is C27H22F2N2O4. The van der Waals surface area contributed by atoms with Crippen LogP contribution in [-0.2, 0) is 4.79 Å². The second-order valence-electron chi connectivity index (χ2n) is 7.70. The number of carbonyl (C=O) groups excluding carboxylic acids is 2. The number of carbonyl (C=O) groups is 2. The second-order valence-corrected chi connectivity index (χ2v) is 7.70. The van der Waals surface area contributed by atoms with E-state index in [1.165, 1.54) is 24.3 Å². The molecule has 0 unspecified atom stereocenters. The quantitative estimate of drug-likeness (QED) is 0.326. The number of aryl methyl sites for hydroxylation is 1. The van der Waals surface area contributed by atoms with Gasteiger partial charge in [0.15, 0.2) is 6.61 Å². The molecule has 8 heteroatoms. The summed E-state index contributed by atoms with van der Waals surface area (Å²) in [5, 5.41) is 7.22. The molecule has 4 aromatic carbocycles. The van der Waals surface area contributed by atoms with Crippen molar-refractivity contribution in [1.82, 2.24) is 0 Å². The third-order valence-electron chi connectivity index (χ3n) is 5.21. The molecule has 4 rings (SSSR count). The molecule has 2 N–H and O–H groups in total. The summed E-state index contributed by atoms with van der Waals surface area (Å²) in [5.74, 6) is -0.610. The van der Waals surface area contributed by atoms with Gasteiger partial charge in [0.25, 0.3) is 11.8 Å². The van der Waals surface area contributed by atoms with Crippen molar-refractivity contribution in [2.24, 2.45) is 0 Å². The van der Waals surface area contributed by atoms with Crippen molar-refractivity contribution < 1.29 is 27.8 Å². The maximum absolute atomic E-state index is 13.1. The Labute approximate surface area is 200 Å². The van der Waals surface area contributed by atoms with E-state index in [-0.39, 0.29) is 29.6 Å². The SMILES string of the molecule is Cc1ccccc1NC(=O)c1cc2ccccc2cc1OCC(=O)Nc1ccc(OC(F)F)cc1. The molecule has 2 amide bonds. The number of anilines is 2. The number of halogens is 2. The highest BCUT2D eigenvalue weighted by Gasteiger charge is 2.17. The fourth-order valence-corrected chi connectivity index (χ4v) is 3.48. The van der Waals surface area contributed by atoms with Crippen LogP contribution in [0.4, 0.5) is 20.2 Å². The molecular weight excluding hydrogens is 454 g/mol. The number of para-hydroxylation sites is 1. The largest absolute Gasteiger partial charge is 0.483 e. The van der Waals surface area contributed by atoms with Gasteiger partial charge in [-0.05, 0) is 65.7 Å². The van der Waals surface area contributed by atoms with Crippen molar-refractivity contribution in [3.63, 3.8) is 0 Å². The third-order valence-corrected chi connectivity index (χ3v) is 5.21. The van der Waals surface area contributed by atoms with Crippen LogP contribution in [0, 0.1) is 6.92 Å². The lowest BCUT2D eigenvalue weighted by molar-refractivity contribution is -0.118. The summed E-state index contributed by atoms with van der Waals surface area (Å²) < 4.78 is 34.6. The van der Waals surface area contributed by atoms with E-state index in [0.717, 1.165) is 16.3 Å². The Balaban J connectivity index is 1.50. The third kappa shape index (κ3) is 6.11. The van der Waals surface area contributed by atoms with Gasteiger partial charge in [-0.3, -0.25) is 9.59 Å². The molecule has 0 saturated carbocycles. The zero-order valence-electron chi connectivity index (χ0n) is 18.8. The van der Waals surface area contributed by atoms with Gasteiger partial charge < -0.3 is 20.1 Å². The first kappa shape index (κ1) is 23.7. The molecule has 6 nitrogen and oxygen atoms in total. The van der Waals surface area contributed by atoms with E-state index < -0.39 is 12.5 Å². The van der Waals surface area contributed by atoms with E-state index >= 15 is 0 Å². The molecule has 0 aromatic heterocycles. The molecule has 178 valence electrons. The van der Waals surface area contributed by atoms with Gasteiger partial charge in [0, 0.05) is 11.4 Å². The van der Waals surface area contributed by atoms with Crippen molar-refractivity contribution in [2.45, 2.75) is 13.5 Å². The summed E-state index contributed by atoms with van der Waals surface area (Å²) >= 11 is 0. The number of rotatable bonds is 8. The van der Waals surface area contributed by atoms with Crippen LogP contribution in [0.25, 0.3) is 10.8 Å². The summed E-state index contributed by atoms with van der Waals surface area (Å²) in [6.07, 6.45) is 0. The Morgan fingerprint density at radius 3 is 2.20 bits per heavy atom. The van der Waals surface area contributed by atoms with E-state index in [1.54, 1.807) is 18.2 Å². The Kier molecular flexibility index (Phi) is 7.21. The molecule has 0 aliphatic carbocycles. The van der Waals surface area contributed by atoms with Crippen LogP contribution in [-0.4, -0.2) is 25.0 Å². The lowest BCUT2D eigenvalue weighted by Gasteiger charge is -2.14. The zero-order chi connectivity index (χ0) is 24.8. The molecule has 4 aromatic rings. The average molecular weight is 476 g/mol. The maximum Gasteiger partial charge on any atom is 0.387 e. The van der Waals surface area contributed by atoms with Crippen molar-refractivity contribution in [3.05, 3.63) is 96.1 Å². The van der Waals surface area contributed by atoms with Crippen LogP contribution < -0.4 is 20.1 Å². The lowest BCUT2D eigenvalue weighted by atomic mass is 10.0. The number of benzene rings is 4. The highest BCUT2D eigenvalue weighted by Crippen LogP contribution is 2.28. The van der Waals surface area contributed by atoms with Gasteiger partial charge in [-0.2, -0.15) is 8.78 Å². The first-order valence-electron chi connectivity index (χ1n) is 10.8. The summed E-state index contributed by atoms with van der Waals surface area (Å²) in [4.78, 5) is 25.6. The molecule has 0 saturated heterocycles. The highest BCUT2D eigenvalue weighted by atomic mass is 19.3. The van der Waals surface area contributed by atoms with E-state index in [2.05, 4.69) is 15.4 Å². The van der Waals surface area contributed by atoms with Crippen LogP contribution >= 0.6 is 0 Å². The molecule has 0 spiro atoms. The Morgan fingerprint density at radius 2 is 1.51 bits per heavy atom. The number of hydrogen-bond acceptors (Lipinski definition) is 4. The van der Waals surface area contributed by atoms with Crippen LogP contribution in [0.2, 0.25) is 0 Å². The second kappa shape index (κ2) is 10.6. The standard InChI is InChI=1S/C27H22F2N2O4/c1-17-6-2-5-9-23(17)31-26(33)22-14-18-7-3-4-8-19(18)15-24(22)34-16-25(32)30-20-10-12-21(13-11-20)35-27(28)29/h2-15,27H,16H2,1H3,(H,30,32)(H,31,33). The average Bonchev–Trinajstić information content (AvgIpc) is 2.84. The Hall–Kier alpha value is -4.46. The van der Waals surface area contributed by atoms with Crippen LogP contribution in [0.5, 0.6) is 11.5 Å². The molecule has 0 aliphatic heterocycles. The monoisotopic (exact) mass is 476 g/mol. The number of hydrogen-bond donors (Lipinski definition) is 2. The minimum absolute atomic E-state index is 0.0188. The fourth-order valence-electron chi connectivity index (χ4n) is 3.48. The molecule has 0 radical (unpaired) electrons. The van der Waals surface area contributed by atoms with Crippen molar-refractivity contribution >= 4 is 34.0 Å². The van der Waals surface area contributed by atoms with Gasteiger partial charge in [-0.15, -0.1) is 0 Å². The predicted molar refractivity (Wildman–Crippen MR) is 130 cm³/mol. The van der Waals surface area contributed by atoms with E-state index in [0.29, 0.717) is 11.4 Å². The van der Waals surface area contributed by atoms with Gasteiger partial charge in [-0.25, -0.2) is 0 Å². The van der Waals surface area contributed by atoms with Crippen molar-refractivity contribution in [2.75, 3.05) is 17.2 Å². The molecule has 0 aliphatic rings. The predicted octanol–water partition coefficient (Wildman–Crippen LogP) is 6.02. The van der Waals surface area contributed by atoms with Gasteiger partial charge in [0.2, 0.25) is 0 Å². The summed E-state index contributed by atoms with van der Waals surface area (Å²) in [5.41, 5.74) is 2.26. The minimum atomic E-state index is -2.93. The van der Waals surface area contributed by atoms with Gasteiger partial charge in [0.1, 0.15) is 11.5 Å². The number of alkyl halides is 2. The number of fused-ring (bicyclic) bond motifs is 1. The first-order valence-corrected chi connectivity index (χ1v) is 10.8. The molecule has 35 heavy (non-hydrogen) atoms.